The smallest absolute Gasteiger partial charge is 0.0168 e. The minimum absolute atomic E-state index is 1.03. The van der Waals surface area contributed by atoms with E-state index in [1.165, 1.54) is 167 Å². The Kier molecular flexibility index (Phi) is 17.0. The van der Waals surface area contributed by atoms with Crippen LogP contribution in [-0.2, 0) is 0 Å². The van der Waals surface area contributed by atoms with Crippen LogP contribution in [0.1, 0.15) is 167 Å². The summed E-state index contributed by atoms with van der Waals surface area (Å²) in [6, 6.07) is 0. The molecule has 2 rings (SSSR count). The monoisotopic (exact) mass is 421 g/mol. The molecule has 0 aliphatic heterocycles. The Balaban J connectivity index is 1.77. The van der Waals surface area contributed by atoms with Crippen molar-refractivity contribution < 1.29 is 0 Å². The van der Waals surface area contributed by atoms with Crippen molar-refractivity contribution in [1.82, 2.24) is 0 Å². The lowest BCUT2D eigenvalue weighted by Crippen LogP contribution is -2.10. The Morgan fingerprint density at radius 1 is 0.241 bits per heavy atom. The maximum absolute atomic E-state index is 1.88. The quantitative estimate of drug-likeness (QED) is 0.389. The standard InChI is InChI=1S/C28H54P/c1-3-7-11-15-19-23-27(24-20-16-12-8-4-1)29-28-25-21-17-13-9-5-2-6-10-14-18-22-26-28/h27-28H,1-26H2. The first-order valence-corrected chi connectivity index (χ1v) is 15.2. The number of rotatable bonds is 2. The van der Waals surface area contributed by atoms with Gasteiger partial charge in [-0.2, -0.15) is 0 Å². The van der Waals surface area contributed by atoms with Crippen LogP contribution in [0.3, 0.4) is 0 Å². The first kappa shape index (κ1) is 25.7. The molecule has 0 aromatic heterocycles. The fourth-order valence-corrected chi connectivity index (χ4v) is 7.51. The summed E-state index contributed by atoms with van der Waals surface area (Å²) in [5.41, 5.74) is 2.06. The molecule has 0 N–H and O–H groups in total. The molecule has 1 radical (unpaired) electrons. The summed E-state index contributed by atoms with van der Waals surface area (Å²) in [5, 5.41) is 0. The van der Waals surface area contributed by atoms with Gasteiger partial charge in [0.05, 0.1) is 0 Å². The van der Waals surface area contributed by atoms with Crippen molar-refractivity contribution in [2.45, 2.75) is 178 Å². The zero-order valence-corrected chi connectivity index (χ0v) is 20.9. The molecule has 2 saturated carbocycles. The van der Waals surface area contributed by atoms with Crippen molar-refractivity contribution in [2.24, 2.45) is 0 Å². The Labute approximate surface area is 186 Å². The van der Waals surface area contributed by atoms with Crippen LogP contribution in [0.15, 0.2) is 0 Å². The van der Waals surface area contributed by atoms with Crippen LogP contribution in [0.4, 0.5) is 0 Å². The molecule has 1 heteroatoms. The normalized spacial score (nSPS) is 25.7. The lowest BCUT2D eigenvalue weighted by atomic mass is 10.0. The van der Waals surface area contributed by atoms with E-state index in [9.17, 15) is 0 Å². The van der Waals surface area contributed by atoms with Gasteiger partial charge in [0.15, 0.2) is 0 Å². The zero-order chi connectivity index (χ0) is 20.2. The third kappa shape index (κ3) is 15.0. The molecule has 0 aromatic carbocycles. The molecule has 0 saturated heterocycles. The molecule has 2 aliphatic rings. The summed E-state index contributed by atoms with van der Waals surface area (Å²) in [7, 11) is 1.88. The van der Waals surface area contributed by atoms with Gasteiger partial charge in [-0.05, 0) is 37.0 Å². The first-order valence-electron chi connectivity index (χ1n) is 14.1. The van der Waals surface area contributed by atoms with Crippen molar-refractivity contribution in [3.63, 3.8) is 0 Å². The molecule has 2 aliphatic carbocycles. The van der Waals surface area contributed by atoms with Gasteiger partial charge in [0.2, 0.25) is 0 Å². The lowest BCUT2D eigenvalue weighted by molar-refractivity contribution is 0.497. The molecule has 2 fully saturated rings. The highest BCUT2D eigenvalue weighted by atomic mass is 31.1. The van der Waals surface area contributed by atoms with Crippen molar-refractivity contribution in [2.75, 3.05) is 0 Å². The van der Waals surface area contributed by atoms with Crippen LogP contribution < -0.4 is 0 Å². The van der Waals surface area contributed by atoms with E-state index in [4.69, 9.17) is 0 Å². The maximum Gasteiger partial charge on any atom is -0.0168 e. The Bertz CT molecular complexity index is 279. The van der Waals surface area contributed by atoms with Gasteiger partial charge in [-0.25, -0.2) is 0 Å². The highest BCUT2D eigenvalue weighted by Gasteiger charge is 2.17. The second-order valence-electron chi connectivity index (χ2n) is 10.4. The van der Waals surface area contributed by atoms with Crippen LogP contribution in [0.5, 0.6) is 0 Å². The highest BCUT2D eigenvalue weighted by molar-refractivity contribution is 7.39. The third-order valence-corrected chi connectivity index (χ3v) is 9.45. The average molecular weight is 422 g/mol. The van der Waals surface area contributed by atoms with E-state index in [0.717, 1.165) is 11.3 Å². The van der Waals surface area contributed by atoms with E-state index in [1.54, 1.807) is 0 Å². The summed E-state index contributed by atoms with van der Waals surface area (Å²) >= 11 is 0. The molecule has 0 spiro atoms. The fraction of sp³-hybridized carbons (Fsp3) is 1.00. The number of hydrogen-bond acceptors (Lipinski definition) is 0. The van der Waals surface area contributed by atoms with Gasteiger partial charge in [-0.3, -0.25) is 0 Å². The van der Waals surface area contributed by atoms with Crippen LogP contribution in [0, 0.1) is 0 Å². The Morgan fingerprint density at radius 2 is 0.414 bits per heavy atom. The molecule has 0 atom stereocenters. The molecule has 0 heterocycles. The summed E-state index contributed by atoms with van der Waals surface area (Å²) in [5.74, 6) is 0. The molecular formula is C28H54P. The summed E-state index contributed by atoms with van der Waals surface area (Å²) < 4.78 is 0. The zero-order valence-electron chi connectivity index (χ0n) is 20.0. The molecule has 0 unspecified atom stereocenters. The van der Waals surface area contributed by atoms with Crippen LogP contribution >= 0.6 is 8.58 Å². The van der Waals surface area contributed by atoms with Crippen LogP contribution in [0.25, 0.3) is 0 Å². The molecule has 171 valence electrons. The summed E-state index contributed by atoms with van der Waals surface area (Å²) in [6.07, 6.45) is 39.3. The van der Waals surface area contributed by atoms with E-state index in [-0.39, 0.29) is 0 Å². The molecule has 0 bridgehead atoms. The fourth-order valence-electron chi connectivity index (χ4n) is 5.59. The van der Waals surface area contributed by atoms with Crippen molar-refractivity contribution in [1.29, 1.82) is 0 Å². The van der Waals surface area contributed by atoms with E-state index in [0.29, 0.717) is 0 Å². The van der Waals surface area contributed by atoms with Gasteiger partial charge in [-0.15, -0.1) is 0 Å². The second-order valence-corrected chi connectivity index (χ2v) is 12.1. The average Bonchev–Trinajstić information content (AvgIpc) is 2.73. The van der Waals surface area contributed by atoms with E-state index >= 15 is 0 Å². The number of hydrogen-bond donors (Lipinski definition) is 0. The molecule has 0 amide bonds. The van der Waals surface area contributed by atoms with Crippen molar-refractivity contribution in [3.05, 3.63) is 0 Å². The highest BCUT2D eigenvalue weighted by Crippen LogP contribution is 2.38. The van der Waals surface area contributed by atoms with Crippen molar-refractivity contribution in [3.8, 4) is 0 Å². The SMILES string of the molecule is C1CCCCCCC([P]C2CCCCCCCCCCCCC2)CCCCCC1. The molecule has 0 aromatic rings. The Morgan fingerprint density at radius 3 is 0.621 bits per heavy atom. The van der Waals surface area contributed by atoms with Gasteiger partial charge in [0.25, 0.3) is 0 Å². The first-order chi connectivity index (χ1) is 14.4. The minimum atomic E-state index is 1.03. The molecule has 29 heavy (non-hydrogen) atoms. The van der Waals surface area contributed by atoms with Crippen molar-refractivity contribution >= 4 is 8.58 Å². The topological polar surface area (TPSA) is 0 Å². The lowest BCUT2D eigenvalue weighted by Gasteiger charge is -2.24. The van der Waals surface area contributed by atoms with E-state index in [1.807, 2.05) is 8.58 Å². The van der Waals surface area contributed by atoms with E-state index < -0.39 is 0 Å². The molecule has 0 nitrogen and oxygen atoms in total. The third-order valence-electron chi connectivity index (χ3n) is 7.57. The second kappa shape index (κ2) is 19.1. The van der Waals surface area contributed by atoms with Gasteiger partial charge in [-0.1, -0.05) is 150 Å². The predicted octanol–water partition coefficient (Wildman–Crippen LogP) is 10.8. The predicted molar refractivity (Wildman–Crippen MR) is 135 cm³/mol. The largest absolute Gasteiger partial charge is 0.0741 e. The van der Waals surface area contributed by atoms with Gasteiger partial charge >= 0.3 is 0 Å². The Hall–Kier alpha value is 0.430. The van der Waals surface area contributed by atoms with Gasteiger partial charge in [0, 0.05) is 0 Å². The summed E-state index contributed by atoms with van der Waals surface area (Å²) in [6.45, 7) is 0. The van der Waals surface area contributed by atoms with Crippen LogP contribution in [0.2, 0.25) is 0 Å². The molecular weight excluding hydrogens is 367 g/mol. The van der Waals surface area contributed by atoms with Crippen LogP contribution in [-0.4, -0.2) is 11.3 Å². The summed E-state index contributed by atoms with van der Waals surface area (Å²) in [4.78, 5) is 0. The van der Waals surface area contributed by atoms with E-state index in [2.05, 4.69) is 0 Å². The maximum atomic E-state index is 1.88. The minimum Gasteiger partial charge on any atom is -0.0741 e. The van der Waals surface area contributed by atoms with Gasteiger partial charge < -0.3 is 0 Å². The van der Waals surface area contributed by atoms with Gasteiger partial charge in [0.1, 0.15) is 0 Å².